The summed E-state index contributed by atoms with van der Waals surface area (Å²) in [7, 11) is 0. The van der Waals surface area contributed by atoms with Gasteiger partial charge < -0.3 is 10.5 Å². The molecule has 0 heterocycles. The van der Waals surface area contributed by atoms with Crippen LogP contribution in [0.4, 0.5) is 0 Å². The zero-order chi connectivity index (χ0) is 7.95. The highest BCUT2D eigenvalue weighted by molar-refractivity contribution is 5.85. The SMILES string of the molecule is Cl.NC12CCC(C=O)(CC1)CC2. The lowest BCUT2D eigenvalue weighted by Crippen LogP contribution is -2.52. The molecule has 0 radical (unpaired) electrons. The molecule has 12 heavy (non-hydrogen) atoms. The van der Waals surface area contributed by atoms with Crippen LogP contribution in [0.2, 0.25) is 0 Å². The van der Waals surface area contributed by atoms with E-state index < -0.39 is 0 Å². The quantitative estimate of drug-likeness (QED) is 0.638. The van der Waals surface area contributed by atoms with Crippen LogP contribution in [0, 0.1) is 5.41 Å². The van der Waals surface area contributed by atoms with Gasteiger partial charge in [-0.25, -0.2) is 0 Å². The number of halogens is 1. The van der Waals surface area contributed by atoms with E-state index in [0.29, 0.717) is 0 Å². The summed E-state index contributed by atoms with van der Waals surface area (Å²) in [6.45, 7) is 0. The lowest BCUT2D eigenvalue weighted by Gasteiger charge is -2.49. The third-order valence-electron chi connectivity index (χ3n) is 3.61. The maximum absolute atomic E-state index is 10.8. The third kappa shape index (κ3) is 1.38. The lowest BCUT2D eigenvalue weighted by molar-refractivity contribution is -0.121. The van der Waals surface area contributed by atoms with Crippen molar-refractivity contribution in [2.24, 2.45) is 11.1 Å². The summed E-state index contributed by atoms with van der Waals surface area (Å²) in [5.41, 5.74) is 6.24. The van der Waals surface area contributed by atoms with E-state index in [4.69, 9.17) is 5.73 Å². The van der Waals surface area contributed by atoms with Crippen LogP contribution in [0.15, 0.2) is 0 Å². The highest BCUT2D eigenvalue weighted by atomic mass is 35.5. The van der Waals surface area contributed by atoms with Gasteiger partial charge in [0.1, 0.15) is 6.29 Å². The fraction of sp³-hybridized carbons (Fsp3) is 0.889. The second-order valence-corrected chi connectivity index (χ2v) is 4.34. The van der Waals surface area contributed by atoms with E-state index >= 15 is 0 Å². The molecule has 3 rings (SSSR count). The van der Waals surface area contributed by atoms with Crippen LogP contribution in [0.1, 0.15) is 38.5 Å². The van der Waals surface area contributed by atoms with Gasteiger partial charge in [0, 0.05) is 11.0 Å². The first-order valence-corrected chi connectivity index (χ1v) is 4.43. The van der Waals surface area contributed by atoms with E-state index in [1.807, 2.05) is 0 Å². The monoisotopic (exact) mass is 189 g/mol. The van der Waals surface area contributed by atoms with Gasteiger partial charge in [-0.3, -0.25) is 0 Å². The predicted molar refractivity (Wildman–Crippen MR) is 50.4 cm³/mol. The van der Waals surface area contributed by atoms with E-state index in [1.165, 1.54) is 6.29 Å². The highest BCUT2D eigenvalue weighted by Crippen LogP contribution is 2.49. The predicted octanol–water partition coefficient (Wildman–Crippen LogP) is 1.66. The molecule has 0 aromatic carbocycles. The number of nitrogens with two attached hydrogens (primary N) is 1. The second kappa shape index (κ2) is 3.00. The fourth-order valence-corrected chi connectivity index (χ4v) is 2.42. The normalized spacial score (nSPS) is 45.1. The van der Waals surface area contributed by atoms with Crippen molar-refractivity contribution >= 4 is 18.7 Å². The van der Waals surface area contributed by atoms with Gasteiger partial charge in [-0.15, -0.1) is 12.4 Å². The maximum atomic E-state index is 10.8. The molecule has 3 fully saturated rings. The van der Waals surface area contributed by atoms with Crippen molar-refractivity contribution in [2.45, 2.75) is 44.1 Å². The Bertz CT molecular complexity index is 168. The Labute approximate surface area is 79.3 Å². The summed E-state index contributed by atoms with van der Waals surface area (Å²) < 4.78 is 0. The number of carbonyl (C=O) groups is 1. The molecule has 3 aliphatic rings. The zero-order valence-electron chi connectivity index (χ0n) is 7.21. The van der Waals surface area contributed by atoms with Crippen LogP contribution in [0.25, 0.3) is 0 Å². The molecule has 0 saturated heterocycles. The van der Waals surface area contributed by atoms with Gasteiger partial charge in [0.25, 0.3) is 0 Å². The van der Waals surface area contributed by atoms with Gasteiger partial charge in [-0.05, 0) is 38.5 Å². The molecule has 0 spiro atoms. The molecule has 0 atom stereocenters. The molecule has 70 valence electrons. The van der Waals surface area contributed by atoms with Crippen molar-refractivity contribution in [3.05, 3.63) is 0 Å². The first-order chi connectivity index (χ1) is 5.18. The van der Waals surface area contributed by atoms with E-state index in [1.54, 1.807) is 0 Å². The maximum Gasteiger partial charge on any atom is 0.126 e. The van der Waals surface area contributed by atoms with Crippen LogP contribution >= 0.6 is 12.4 Å². The second-order valence-electron chi connectivity index (χ2n) is 4.34. The standard InChI is InChI=1S/C9H15NO.ClH/c10-9-4-1-8(7-11,2-5-9)3-6-9;/h7H,1-6,10H2;1H. The van der Waals surface area contributed by atoms with Gasteiger partial charge in [0.2, 0.25) is 0 Å². The number of hydrogen-bond acceptors (Lipinski definition) is 2. The smallest absolute Gasteiger partial charge is 0.126 e. The molecule has 3 aliphatic carbocycles. The number of aldehydes is 1. The number of carbonyl (C=O) groups excluding carboxylic acids is 1. The Morgan fingerprint density at radius 3 is 1.75 bits per heavy atom. The van der Waals surface area contributed by atoms with Crippen LogP contribution in [0.5, 0.6) is 0 Å². The van der Waals surface area contributed by atoms with Crippen molar-refractivity contribution in [3.63, 3.8) is 0 Å². The molecule has 0 aromatic heterocycles. The minimum absolute atomic E-state index is 0. The largest absolute Gasteiger partial charge is 0.325 e. The van der Waals surface area contributed by atoms with Crippen LogP contribution < -0.4 is 5.73 Å². The van der Waals surface area contributed by atoms with Gasteiger partial charge in [-0.2, -0.15) is 0 Å². The highest BCUT2D eigenvalue weighted by Gasteiger charge is 2.46. The van der Waals surface area contributed by atoms with E-state index in [2.05, 4.69) is 0 Å². The minimum atomic E-state index is 0. The number of hydrogen-bond donors (Lipinski definition) is 1. The van der Waals surface area contributed by atoms with Crippen molar-refractivity contribution in [2.75, 3.05) is 0 Å². The van der Waals surface area contributed by atoms with E-state index in [9.17, 15) is 4.79 Å². The molecule has 0 unspecified atom stereocenters. The molecular formula is C9H16ClNO. The molecule has 0 aromatic rings. The lowest BCUT2D eigenvalue weighted by atomic mass is 9.58. The minimum Gasteiger partial charge on any atom is -0.325 e. The van der Waals surface area contributed by atoms with Crippen molar-refractivity contribution in [3.8, 4) is 0 Å². The summed E-state index contributed by atoms with van der Waals surface area (Å²) >= 11 is 0. The Morgan fingerprint density at radius 2 is 1.42 bits per heavy atom. The summed E-state index contributed by atoms with van der Waals surface area (Å²) in [5, 5.41) is 0. The molecule has 2 nitrogen and oxygen atoms in total. The van der Waals surface area contributed by atoms with E-state index in [0.717, 1.165) is 38.5 Å². The average Bonchev–Trinajstić information content (AvgIpc) is 2.07. The molecule has 2 N–H and O–H groups in total. The molecule has 2 bridgehead atoms. The number of rotatable bonds is 1. The number of fused-ring (bicyclic) bond motifs is 3. The summed E-state index contributed by atoms with van der Waals surface area (Å²) in [4.78, 5) is 10.8. The Balaban J connectivity index is 0.000000720. The summed E-state index contributed by atoms with van der Waals surface area (Å²) in [6, 6.07) is 0. The van der Waals surface area contributed by atoms with Gasteiger partial charge in [0.15, 0.2) is 0 Å². The topological polar surface area (TPSA) is 43.1 Å². The molecular weight excluding hydrogens is 174 g/mol. The molecule has 3 heteroatoms. The Morgan fingerprint density at radius 1 is 1.00 bits per heavy atom. The molecule has 0 aliphatic heterocycles. The van der Waals surface area contributed by atoms with Crippen LogP contribution in [0.3, 0.4) is 0 Å². The van der Waals surface area contributed by atoms with Crippen LogP contribution in [-0.2, 0) is 4.79 Å². The average molecular weight is 190 g/mol. The Hall–Kier alpha value is -0.0800. The van der Waals surface area contributed by atoms with Gasteiger partial charge >= 0.3 is 0 Å². The van der Waals surface area contributed by atoms with Crippen molar-refractivity contribution in [1.82, 2.24) is 0 Å². The van der Waals surface area contributed by atoms with Crippen LogP contribution in [-0.4, -0.2) is 11.8 Å². The fourth-order valence-electron chi connectivity index (χ4n) is 2.42. The summed E-state index contributed by atoms with van der Waals surface area (Å²) in [6.07, 6.45) is 7.46. The zero-order valence-corrected chi connectivity index (χ0v) is 8.03. The molecule has 3 saturated carbocycles. The van der Waals surface area contributed by atoms with Gasteiger partial charge in [-0.1, -0.05) is 0 Å². The molecule has 0 amide bonds. The summed E-state index contributed by atoms with van der Waals surface area (Å²) in [5.74, 6) is 0. The van der Waals surface area contributed by atoms with Crippen molar-refractivity contribution in [1.29, 1.82) is 0 Å². The first-order valence-electron chi connectivity index (χ1n) is 4.43. The van der Waals surface area contributed by atoms with E-state index in [-0.39, 0.29) is 23.4 Å². The Kier molecular flexibility index (Phi) is 2.50. The van der Waals surface area contributed by atoms with Gasteiger partial charge in [0.05, 0.1) is 0 Å². The van der Waals surface area contributed by atoms with Crippen molar-refractivity contribution < 1.29 is 4.79 Å². The first kappa shape index (κ1) is 10.0. The third-order valence-corrected chi connectivity index (χ3v) is 3.61.